The van der Waals surface area contributed by atoms with Crippen molar-refractivity contribution in [3.8, 4) is 0 Å². The molecule has 0 spiro atoms. The number of nitrogens with zero attached hydrogens (tertiary/aromatic N) is 1. The van der Waals surface area contributed by atoms with E-state index in [0.29, 0.717) is 17.7 Å². The minimum absolute atomic E-state index is 0.0413. The zero-order chi connectivity index (χ0) is 12.3. The van der Waals surface area contributed by atoms with Crippen molar-refractivity contribution in [3.63, 3.8) is 0 Å². The predicted molar refractivity (Wildman–Crippen MR) is 67.5 cm³/mol. The molecule has 0 atom stereocenters. The van der Waals surface area contributed by atoms with Gasteiger partial charge in [-0.3, -0.25) is 4.79 Å². The van der Waals surface area contributed by atoms with E-state index in [4.69, 9.17) is 11.5 Å². The highest BCUT2D eigenvalue weighted by Crippen LogP contribution is 2.13. The second-order valence-electron chi connectivity index (χ2n) is 3.78. The van der Waals surface area contributed by atoms with Gasteiger partial charge in [-0.1, -0.05) is 12.1 Å². The Hall–Kier alpha value is -2.36. The Morgan fingerprint density at radius 3 is 2.47 bits per heavy atom. The monoisotopic (exact) mass is 227 g/mol. The Morgan fingerprint density at radius 1 is 1.12 bits per heavy atom. The molecule has 0 radical (unpaired) electrons. The molecule has 0 saturated carbocycles. The lowest BCUT2D eigenvalue weighted by Gasteiger charge is -2.04. The van der Waals surface area contributed by atoms with E-state index in [1.807, 2.05) is 12.1 Å². The Morgan fingerprint density at radius 2 is 1.82 bits per heavy atom. The summed E-state index contributed by atoms with van der Waals surface area (Å²) in [6.45, 7) is 0. The van der Waals surface area contributed by atoms with E-state index in [-0.39, 0.29) is 11.6 Å². The van der Waals surface area contributed by atoms with E-state index in [2.05, 4.69) is 4.98 Å². The number of hydrogen-bond acceptors (Lipinski definition) is 4. The number of rotatable bonds is 3. The molecule has 0 fully saturated rings. The third kappa shape index (κ3) is 2.60. The van der Waals surface area contributed by atoms with Gasteiger partial charge in [0.25, 0.3) is 0 Å². The molecule has 1 aromatic carbocycles. The molecular formula is C13H13N3O. The Bertz CT molecular complexity index is 535. The molecule has 4 N–H and O–H groups in total. The normalized spacial score (nSPS) is 10.1. The molecule has 1 aromatic heterocycles. The van der Waals surface area contributed by atoms with Crippen LogP contribution in [0.4, 0.5) is 11.5 Å². The lowest BCUT2D eigenvalue weighted by atomic mass is 10.0. The number of hydrogen-bond donors (Lipinski definition) is 2. The molecule has 4 heteroatoms. The summed E-state index contributed by atoms with van der Waals surface area (Å²) in [5, 5.41) is 0. The lowest BCUT2D eigenvalue weighted by molar-refractivity contribution is 0.0993. The van der Waals surface area contributed by atoms with Crippen molar-refractivity contribution in [2.75, 3.05) is 11.5 Å². The van der Waals surface area contributed by atoms with Crippen LogP contribution in [0, 0.1) is 0 Å². The maximum absolute atomic E-state index is 12.0. The van der Waals surface area contributed by atoms with Gasteiger partial charge < -0.3 is 11.5 Å². The topological polar surface area (TPSA) is 82.0 Å². The van der Waals surface area contributed by atoms with E-state index in [9.17, 15) is 4.79 Å². The van der Waals surface area contributed by atoms with Crippen molar-refractivity contribution in [3.05, 3.63) is 53.7 Å². The fourth-order valence-corrected chi connectivity index (χ4v) is 1.57. The minimum atomic E-state index is -0.0413. The molecule has 0 unspecified atom stereocenters. The van der Waals surface area contributed by atoms with Crippen molar-refractivity contribution in [2.24, 2.45) is 0 Å². The lowest BCUT2D eigenvalue weighted by Crippen LogP contribution is -2.08. The first kappa shape index (κ1) is 11.1. The van der Waals surface area contributed by atoms with Crippen LogP contribution in [-0.2, 0) is 6.42 Å². The molecule has 17 heavy (non-hydrogen) atoms. The van der Waals surface area contributed by atoms with Gasteiger partial charge in [0, 0.05) is 18.3 Å². The fraction of sp³-hybridized carbons (Fsp3) is 0.0769. The van der Waals surface area contributed by atoms with Crippen molar-refractivity contribution in [1.29, 1.82) is 0 Å². The summed E-state index contributed by atoms with van der Waals surface area (Å²) in [4.78, 5) is 15.9. The van der Waals surface area contributed by atoms with Crippen LogP contribution in [0.15, 0.2) is 42.6 Å². The van der Waals surface area contributed by atoms with Crippen LogP contribution in [-0.4, -0.2) is 10.8 Å². The molecule has 1 heterocycles. The molecule has 0 amide bonds. The molecule has 0 aliphatic carbocycles. The zero-order valence-corrected chi connectivity index (χ0v) is 9.26. The van der Waals surface area contributed by atoms with Gasteiger partial charge in [0.1, 0.15) is 5.82 Å². The summed E-state index contributed by atoms with van der Waals surface area (Å²) >= 11 is 0. The van der Waals surface area contributed by atoms with E-state index in [1.165, 1.54) is 0 Å². The van der Waals surface area contributed by atoms with Crippen LogP contribution in [0.5, 0.6) is 0 Å². The minimum Gasteiger partial charge on any atom is -0.399 e. The molecular weight excluding hydrogens is 214 g/mol. The maximum atomic E-state index is 12.0. The third-order valence-electron chi connectivity index (χ3n) is 2.48. The second kappa shape index (κ2) is 4.65. The largest absolute Gasteiger partial charge is 0.399 e. The first-order valence-electron chi connectivity index (χ1n) is 5.25. The van der Waals surface area contributed by atoms with Crippen molar-refractivity contribution in [2.45, 2.75) is 6.42 Å². The number of benzene rings is 1. The van der Waals surface area contributed by atoms with Crippen LogP contribution in [0.25, 0.3) is 0 Å². The predicted octanol–water partition coefficient (Wildman–Crippen LogP) is 1.67. The number of ketones is 1. The number of aromatic nitrogens is 1. The van der Waals surface area contributed by atoms with Crippen molar-refractivity contribution >= 4 is 17.3 Å². The highest BCUT2D eigenvalue weighted by Gasteiger charge is 2.10. The number of Topliss-reactive ketones (excluding diaryl/α,β-unsaturated/α-hetero) is 1. The average molecular weight is 227 g/mol. The fourth-order valence-electron chi connectivity index (χ4n) is 1.57. The van der Waals surface area contributed by atoms with E-state index in [0.717, 1.165) is 5.56 Å². The van der Waals surface area contributed by atoms with Gasteiger partial charge in [0.2, 0.25) is 0 Å². The number of nitrogens with two attached hydrogens (primary N) is 2. The van der Waals surface area contributed by atoms with Gasteiger partial charge in [-0.2, -0.15) is 0 Å². The molecule has 0 bridgehead atoms. The van der Waals surface area contributed by atoms with Crippen LogP contribution < -0.4 is 11.5 Å². The molecule has 0 aliphatic rings. The summed E-state index contributed by atoms with van der Waals surface area (Å²) in [6, 6.07) is 10.6. The van der Waals surface area contributed by atoms with Gasteiger partial charge in [0.05, 0.1) is 5.56 Å². The van der Waals surface area contributed by atoms with E-state index < -0.39 is 0 Å². The van der Waals surface area contributed by atoms with Gasteiger partial charge in [-0.15, -0.1) is 0 Å². The zero-order valence-electron chi connectivity index (χ0n) is 9.26. The first-order chi connectivity index (χ1) is 8.16. The van der Waals surface area contributed by atoms with Gasteiger partial charge >= 0.3 is 0 Å². The Kier molecular flexibility index (Phi) is 3.05. The Balaban J connectivity index is 2.17. The number of carbonyl (C=O) groups is 1. The van der Waals surface area contributed by atoms with Gasteiger partial charge in [-0.25, -0.2) is 4.98 Å². The quantitative estimate of drug-likeness (QED) is 0.617. The standard InChI is InChI=1S/C13H13N3O/c14-10-5-3-9(4-6-10)8-12(17)11-2-1-7-16-13(11)15/h1-7H,8,14H2,(H2,15,16). The maximum Gasteiger partial charge on any atom is 0.170 e. The molecule has 4 nitrogen and oxygen atoms in total. The number of carbonyl (C=O) groups excluding carboxylic acids is 1. The van der Waals surface area contributed by atoms with Crippen LogP contribution >= 0.6 is 0 Å². The SMILES string of the molecule is Nc1ccc(CC(=O)c2cccnc2N)cc1. The van der Waals surface area contributed by atoms with E-state index in [1.54, 1.807) is 30.5 Å². The second-order valence-corrected chi connectivity index (χ2v) is 3.78. The first-order valence-corrected chi connectivity index (χ1v) is 5.25. The summed E-state index contributed by atoms with van der Waals surface area (Å²) in [7, 11) is 0. The van der Waals surface area contributed by atoms with Crippen LogP contribution in [0.1, 0.15) is 15.9 Å². The van der Waals surface area contributed by atoms with Crippen LogP contribution in [0.3, 0.4) is 0 Å². The van der Waals surface area contributed by atoms with E-state index >= 15 is 0 Å². The smallest absolute Gasteiger partial charge is 0.170 e. The number of nitrogen functional groups attached to an aromatic ring is 2. The third-order valence-corrected chi connectivity index (χ3v) is 2.48. The molecule has 2 aromatic rings. The number of anilines is 2. The highest BCUT2D eigenvalue weighted by atomic mass is 16.1. The Labute approximate surface area is 99.3 Å². The summed E-state index contributed by atoms with van der Waals surface area (Å²) in [5.41, 5.74) is 13.3. The van der Waals surface area contributed by atoms with Gasteiger partial charge in [0.15, 0.2) is 5.78 Å². The number of pyridine rings is 1. The summed E-state index contributed by atoms with van der Waals surface area (Å²) in [6.07, 6.45) is 1.87. The molecule has 0 aliphatic heterocycles. The molecule has 2 rings (SSSR count). The average Bonchev–Trinajstić information content (AvgIpc) is 2.32. The molecule has 86 valence electrons. The molecule has 0 saturated heterocycles. The highest BCUT2D eigenvalue weighted by molar-refractivity contribution is 6.01. The van der Waals surface area contributed by atoms with Crippen molar-refractivity contribution in [1.82, 2.24) is 4.98 Å². The van der Waals surface area contributed by atoms with Crippen molar-refractivity contribution < 1.29 is 4.79 Å². The van der Waals surface area contributed by atoms with Gasteiger partial charge in [-0.05, 0) is 29.8 Å². The summed E-state index contributed by atoms with van der Waals surface area (Å²) in [5.74, 6) is 0.230. The summed E-state index contributed by atoms with van der Waals surface area (Å²) < 4.78 is 0. The van der Waals surface area contributed by atoms with Crippen LogP contribution in [0.2, 0.25) is 0 Å².